The molecule has 1 N–H and O–H groups in total. The highest BCUT2D eigenvalue weighted by Crippen LogP contribution is 2.33. The van der Waals surface area contributed by atoms with E-state index < -0.39 is 22.0 Å². The molecule has 1 aliphatic heterocycles. The van der Waals surface area contributed by atoms with Gasteiger partial charge >= 0.3 is 0 Å². The van der Waals surface area contributed by atoms with Crippen LogP contribution < -0.4 is 10.1 Å². The lowest BCUT2D eigenvalue weighted by atomic mass is 10.1. The minimum Gasteiger partial charge on any atom is -0.489 e. The van der Waals surface area contributed by atoms with E-state index in [-0.39, 0.29) is 23.7 Å². The van der Waals surface area contributed by atoms with Gasteiger partial charge in [0.2, 0.25) is 5.91 Å². The van der Waals surface area contributed by atoms with Gasteiger partial charge in [-0.25, -0.2) is 0 Å². The number of aryl methyl sites for hydroxylation is 2. The molecule has 0 aromatic heterocycles. The van der Waals surface area contributed by atoms with Crippen molar-refractivity contribution >= 4 is 46.3 Å². The van der Waals surface area contributed by atoms with Gasteiger partial charge in [-0.05, 0) is 78.2 Å². The van der Waals surface area contributed by atoms with Crippen molar-refractivity contribution in [3.8, 4) is 5.75 Å². The first-order valence-corrected chi connectivity index (χ1v) is 12.1. The third kappa shape index (κ3) is 6.22. The molecular formula is C27H23N3O6S. The number of rotatable bonds is 8. The number of para-hydroxylation sites is 1. The summed E-state index contributed by atoms with van der Waals surface area (Å²) in [4.78, 5) is 49.4. The van der Waals surface area contributed by atoms with Gasteiger partial charge in [-0.1, -0.05) is 30.3 Å². The lowest BCUT2D eigenvalue weighted by Gasteiger charge is -2.15. The first kappa shape index (κ1) is 25.6. The summed E-state index contributed by atoms with van der Waals surface area (Å²) in [5.41, 5.74) is 3.85. The number of hydrogen-bond donors (Lipinski definition) is 1. The second-order valence-corrected chi connectivity index (χ2v) is 9.36. The maximum Gasteiger partial charge on any atom is 0.294 e. The number of nitrogens with one attached hydrogen (secondary N) is 1. The summed E-state index contributed by atoms with van der Waals surface area (Å²) in [5, 5.41) is 13.1. The molecule has 0 aliphatic carbocycles. The van der Waals surface area contributed by atoms with E-state index in [0.717, 1.165) is 33.4 Å². The van der Waals surface area contributed by atoms with Crippen molar-refractivity contribution in [1.29, 1.82) is 0 Å². The Kier molecular flexibility index (Phi) is 7.69. The molecule has 0 spiro atoms. The van der Waals surface area contributed by atoms with Crippen LogP contribution in [0.4, 0.5) is 16.2 Å². The number of ether oxygens (including phenoxy) is 1. The number of benzene rings is 3. The maximum atomic E-state index is 12.9. The van der Waals surface area contributed by atoms with Gasteiger partial charge in [-0.2, -0.15) is 0 Å². The summed E-state index contributed by atoms with van der Waals surface area (Å²) in [6, 6.07) is 18.7. The molecule has 0 radical (unpaired) electrons. The molecule has 0 atom stereocenters. The number of carbonyl (C=O) groups excluding carboxylic acids is 3. The van der Waals surface area contributed by atoms with Crippen LogP contribution >= 0.6 is 11.8 Å². The van der Waals surface area contributed by atoms with Crippen molar-refractivity contribution in [2.75, 3.05) is 11.9 Å². The van der Waals surface area contributed by atoms with Crippen LogP contribution in [0.15, 0.2) is 71.6 Å². The number of imide groups is 1. The van der Waals surface area contributed by atoms with E-state index in [1.54, 1.807) is 42.5 Å². The molecule has 0 saturated carbocycles. The third-order valence-electron chi connectivity index (χ3n) is 5.63. The third-order valence-corrected chi connectivity index (χ3v) is 6.54. The van der Waals surface area contributed by atoms with Gasteiger partial charge in [0.15, 0.2) is 0 Å². The number of nitrogens with zero attached hydrogens (tertiary/aromatic N) is 2. The Bertz CT molecular complexity index is 1400. The summed E-state index contributed by atoms with van der Waals surface area (Å²) in [7, 11) is 0. The van der Waals surface area contributed by atoms with Gasteiger partial charge in [0.25, 0.3) is 16.8 Å². The van der Waals surface area contributed by atoms with E-state index in [2.05, 4.69) is 5.32 Å². The van der Waals surface area contributed by atoms with Crippen LogP contribution in [0.5, 0.6) is 5.75 Å². The number of non-ortho nitro benzene ring substituents is 1. The highest BCUT2D eigenvalue weighted by Gasteiger charge is 2.36. The van der Waals surface area contributed by atoms with Crippen LogP contribution in [0.3, 0.4) is 0 Å². The minimum atomic E-state index is -0.538. The van der Waals surface area contributed by atoms with Gasteiger partial charge in [-0.15, -0.1) is 0 Å². The highest BCUT2D eigenvalue weighted by atomic mass is 32.2. The molecule has 1 heterocycles. The van der Waals surface area contributed by atoms with Gasteiger partial charge < -0.3 is 10.1 Å². The largest absolute Gasteiger partial charge is 0.489 e. The summed E-state index contributed by atoms with van der Waals surface area (Å²) < 4.78 is 5.77. The SMILES string of the molecule is Cc1cccc(C)c1NC(=O)CN1C(=O)S/C(=C/c2cccc(OCc3ccc([N+](=O)[O-])cc3)c2)C1=O. The normalized spacial score (nSPS) is 14.2. The van der Waals surface area contributed by atoms with E-state index in [1.807, 2.05) is 32.0 Å². The zero-order valence-electron chi connectivity index (χ0n) is 20.1. The topological polar surface area (TPSA) is 119 Å². The van der Waals surface area contributed by atoms with E-state index in [0.29, 0.717) is 17.0 Å². The fourth-order valence-corrected chi connectivity index (χ4v) is 4.53. The number of anilines is 1. The Morgan fingerprint density at radius 3 is 2.41 bits per heavy atom. The number of amides is 3. The number of nitro benzene ring substituents is 1. The van der Waals surface area contributed by atoms with Crippen molar-refractivity contribution in [3.05, 3.63) is 104 Å². The van der Waals surface area contributed by atoms with Crippen LogP contribution in [0, 0.1) is 24.0 Å². The first-order chi connectivity index (χ1) is 17.7. The maximum absolute atomic E-state index is 12.9. The number of hydrogen-bond acceptors (Lipinski definition) is 7. The van der Waals surface area contributed by atoms with Crippen LogP contribution in [-0.2, 0) is 16.2 Å². The Morgan fingerprint density at radius 2 is 1.73 bits per heavy atom. The highest BCUT2D eigenvalue weighted by molar-refractivity contribution is 8.18. The molecule has 0 unspecified atom stereocenters. The smallest absolute Gasteiger partial charge is 0.294 e. The number of thioether (sulfide) groups is 1. The molecule has 0 bridgehead atoms. The lowest BCUT2D eigenvalue weighted by Crippen LogP contribution is -2.36. The Hall–Kier alpha value is -4.44. The van der Waals surface area contributed by atoms with Crippen molar-refractivity contribution < 1.29 is 24.0 Å². The molecule has 3 amide bonds. The van der Waals surface area contributed by atoms with Crippen LogP contribution in [0.2, 0.25) is 0 Å². The fraction of sp³-hybridized carbons (Fsp3) is 0.148. The lowest BCUT2D eigenvalue weighted by molar-refractivity contribution is -0.384. The zero-order valence-corrected chi connectivity index (χ0v) is 20.9. The quantitative estimate of drug-likeness (QED) is 0.239. The average Bonchev–Trinajstić information content (AvgIpc) is 3.12. The van der Waals surface area contributed by atoms with Gasteiger partial charge in [0, 0.05) is 17.8 Å². The molecule has 3 aromatic carbocycles. The average molecular weight is 518 g/mol. The van der Waals surface area contributed by atoms with Crippen LogP contribution in [-0.4, -0.2) is 33.4 Å². The minimum absolute atomic E-state index is 0.00229. The molecule has 188 valence electrons. The monoisotopic (exact) mass is 517 g/mol. The second-order valence-electron chi connectivity index (χ2n) is 8.37. The van der Waals surface area contributed by atoms with E-state index in [9.17, 15) is 24.5 Å². The van der Waals surface area contributed by atoms with E-state index in [4.69, 9.17) is 4.74 Å². The van der Waals surface area contributed by atoms with Gasteiger partial charge in [0.1, 0.15) is 18.9 Å². The summed E-state index contributed by atoms with van der Waals surface area (Å²) in [5.74, 6) is -0.467. The number of carbonyl (C=O) groups is 3. The zero-order chi connectivity index (χ0) is 26.5. The molecule has 4 rings (SSSR count). The Labute approximate surface area is 217 Å². The Balaban J connectivity index is 1.40. The fourth-order valence-electron chi connectivity index (χ4n) is 3.70. The molecule has 1 saturated heterocycles. The predicted octanol–water partition coefficient (Wildman–Crippen LogP) is 5.47. The molecule has 1 fully saturated rings. The Morgan fingerprint density at radius 1 is 1.05 bits per heavy atom. The second kappa shape index (κ2) is 11.1. The van der Waals surface area contributed by atoms with Crippen molar-refractivity contribution in [3.63, 3.8) is 0 Å². The first-order valence-electron chi connectivity index (χ1n) is 11.3. The molecule has 10 heteroatoms. The molecule has 37 heavy (non-hydrogen) atoms. The standard InChI is InChI=1S/C27H23N3O6S/c1-17-5-3-6-18(2)25(17)28-24(31)15-29-26(32)23(37-27(29)33)14-20-7-4-8-22(13-20)36-16-19-9-11-21(12-10-19)30(34)35/h3-14H,15-16H2,1-2H3,(H,28,31)/b23-14+. The van der Waals surface area contributed by atoms with Crippen molar-refractivity contribution in [2.24, 2.45) is 0 Å². The molecule has 3 aromatic rings. The predicted molar refractivity (Wildman–Crippen MR) is 141 cm³/mol. The number of nitro groups is 1. The van der Waals surface area contributed by atoms with Crippen LogP contribution in [0.25, 0.3) is 6.08 Å². The van der Waals surface area contributed by atoms with Gasteiger partial charge in [-0.3, -0.25) is 29.4 Å². The van der Waals surface area contributed by atoms with Crippen molar-refractivity contribution in [1.82, 2.24) is 4.90 Å². The van der Waals surface area contributed by atoms with E-state index >= 15 is 0 Å². The van der Waals surface area contributed by atoms with Gasteiger partial charge in [0.05, 0.1) is 9.83 Å². The van der Waals surface area contributed by atoms with Crippen molar-refractivity contribution in [2.45, 2.75) is 20.5 Å². The van der Waals surface area contributed by atoms with E-state index in [1.165, 1.54) is 12.1 Å². The summed E-state index contributed by atoms with van der Waals surface area (Å²) in [6.07, 6.45) is 1.58. The molecule has 9 nitrogen and oxygen atoms in total. The van der Waals surface area contributed by atoms with Crippen LogP contribution in [0.1, 0.15) is 22.3 Å². The summed E-state index contributed by atoms with van der Waals surface area (Å²) in [6.45, 7) is 3.56. The summed E-state index contributed by atoms with van der Waals surface area (Å²) >= 11 is 0.774. The molecule has 1 aliphatic rings. The molecular weight excluding hydrogens is 494 g/mol.